The highest BCUT2D eigenvalue weighted by Gasteiger charge is 2.72. The van der Waals surface area contributed by atoms with E-state index in [1.54, 1.807) is 13.0 Å². The summed E-state index contributed by atoms with van der Waals surface area (Å²) in [4.78, 5) is 24.1. The molecule has 0 radical (unpaired) electrons. The summed E-state index contributed by atoms with van der Waals surface area (Å²) in [5, 5.41) is 30.9. The Morgan fingerprint density at radius 1 is 1.30 bits per heavy atom. The lowest BCUT2D eigenvalue weighted by Gasteiger charge is -2.61. The number of aliphatic hydroxyl groups is 3. The van der Waals surface area contributed by atoms with Crippen molar-refractivity contribution in [2.75, 3.05) is 6.61 Å². The van der Waals surface area contributed by atoms with Crippen molar-refractivity contribution in [2.24, 2.45) is 28.6 Å². The molecule has 0 amide bonds. The molecule has 8 atom stereocenters. The summed E-state index contributed by atoms with van der Waals surface area (Å²) in [6.07, 6.45) is 3.52. The fraction of sp³-hybridized carbons (Fsp3) is 0.714. The minimum absolute atomic E-state index is 0.0444. The Morgan fingerprint density at radius 2 is 2.00 bits per heavy atom. The van der Waals surface area contributed by atoms with Crippen molar-refractivity contribution in [1.29, 1.82) is 0 Å². The van der Waals surface area contributed by atoms with Gasteiger partial charge in [-0.15, -0.1) is 0 Å². The van der Waals surface area contributed by atoms with Gasteiger partial charge in [0.1, 0.15) is 6.61 Å². The van der Waals surface area contributed by atoms with Gasteiger partial charge in [-0.25, -0.2) is 4.39 Å². The van der Waals surface area contributed by atoms with Crippen LogP contribution in [0.2, 0.25) is 0 Å². The first-order valence-corrected chi connectivity index (χ1v) is 9.72. The predicted octanol–water partition coefficient (Wildman–Crippen LogP) is 1.51. The van der Waals surface area contributed by atoms with Crippen LogP contribution in [-0.2, 0) is 9.59 Å². The van der Waals surface area contributed by atoms with Crippen LogP contribution in [0.5, 0.6) is 0 Å². The smallest absolute Gasteiger partial charge is 0.178 e. The topological polar surface area (TPSA) is 94.8 Å². The Balaban J connectivity index is 1.80. The first kappa shape index (κ1) is 19.0. The summed E-state index contributed by atoms with van der Waals surface area (Å²) in [7, 11) is 0. The second-order valence-electron chi connectivity index (χ2n) is 9.26. The number of aliphatic hydroxyl groups excluding tert-OH is 3. The number of carbonyl (C=O) groups excluding carboxylic acids is 2. The van der Waals surface area contributed by atoms with E-state index in [4.69, 9.17) is 0 Å². The molecule has 0 heterocycles. The Hall–Kier alpha value is -1.37. The van der Waals surface area contributed by atoms with Crippen LogP contribution >= 0.6 is 0 Å². The number of fused-ring (bicyclic) bond motifs is 5. The molecule has 0 bridgehead atoms. The van der Waals surface area contributed by atoms with Gasteiger partial charge in [0.25, 0.3) is 0 Å². The Bertz CT molecular complexity index is 760. The van der Waals surface area contributed by atoms with Gasteiger partial charge < -0.3 is 15.3 Å². The van der Waals surface area contributed by atoms with Crippen LogP contribution in [0.4, 0.5) is 4.39 Å². The molecule has 3 N–H and O–H groups in total. The SMILES string of the molecule is C[C@]12C[C@H](O)[C@@]3(F)[C@@H](CCC4=CC(=O)C=C[C@@]43C)[C@@H]1C[C@@H](O)[C@@H]2C(=O)CO. The molecular formula is C21H27FO5. The van der Waals surface area contributed by atoms with E-state index in [1.807, 2.05) is 6.92 Å². The molecule has 0 aromatic carbocycles. The third kappa shape index (κ3) is 2.21. The molecule has 6 heteroatoms. The highest BCUT2D eigenvalue weighted by atomic mass is 19.1. The normalized spacial score (nSPS) is 51.3. The molecule has 27 heavy (non-hydrogen) atoms. The highest BCUT2D eigenvalue weighted by molar-refractivity contribution is 6.01. The van der Waals surface area contributed by atoms with Gasteiger partial charge in [0.2, 0.25) is 0 Å². The van der Waals surface area contributed by atoms with Crippen molar-refractivity contribution in [3.05, 3.63) is 23.8 Å². The lowest BCUT2D eigenvalue weighted by molar-refractivity contribution is -0.196. The molecule has 3 saturated carbocycles. The van der Waals surface area contributed by atoms with Crippen molar-refractivity contribution in [3.63, 3.8) is 0 Å². The summed E-state index contributed by atoms with van der Waals surface area (Å²) in [6.45, 7) is 2.91. The third-order valence-corrected chi connectivity index (χ3v) is 8.17. The van der Waals surface area contributed by atoms with Crippen molar-refractivity contribution in [1.82, 2.24) is 0 Å². The average molecular weight is 378 g/mol. The Morgan fingerprint density at radius 3 is 2.67 bits per heavy atom. The number of ketones is 2. The molecule has 4 aliphatic carbocycles. The first-order chi connectivity index (χ1) is 12.6. The summed E-state index contributed by atoms with van der Waals surface area (Å²) in [6, 6.07) is 0. The third-order valence-electron chi connectivity index (χ3n) is 8.17. The molecule has 0 aromatic rings. The van der Waals surface area contributed by atoms with Gasteiger partial charge in [-0.05, 0) is 56.1 Å². The van der Waals surface area contributed by atoms with Crippen molar-refractivity contribution < 1.29 is 29.3 Å². The van der Waals surface area contributed by atoms with E-state index >= 15 is 4.39 Å². The fourth-order valence-electron chi connectivity index (χ4n) is 6.91. The molecule has 5 nitrogen and oxygen atoms in total. The summed E-state index contributed by atoms with van der Waals surface area (Å²) in [5.41, 5.74) is -3.09. The number of hydrogen-bond donors (Lipinski definition) is 3. The molecular weight excluding hydrogens is 351 g/mol. The van der Waals surface area contributed by atoms with Crippen LogP contribution in [0.1, 0.15) is 39.5 Å². The summed E-state index contributed by atoms with van der Waals surface area (Å²) >= 11 is 0. The Kier molecular flexibility index (Phi) is 4.09. The van der Waals surface area contributed by atoms with Crippen molar-refractivity contribution in [3.8, 4) is 0 Å². The van der Waals surface area contributed by atoms with Crippen LogP contribution in [-0.4, -0.2) is 51.4 Å². The zero-order valence-electron chi connectivity index (χ0n) is 15.7. The number of Topliss-reactive ketones (excluding diaryl/α,β-unsaturated/α-hetero) is 1. The lowest BCUT2D eigenvalue weighted by atomic mass is 9.45. The number of hydrogen-bond acceptors (Lipinski definition) is 5. The lowest BCUT2D eigenvalue weighted by Crippen LogP contribution is -2.66. The molecule has 4 aliphatic rings. The monoisotopic (exact) mass is 378 g/mol. The highest BCUT2D eigenvalue weighted by Crippen LogP contribution is 2.68. The van der Waals surface area contributed by atoms with Crippen LogP contribution in [0, 0.1) is 28.6 Å². The number of carbonyl (C=O) groups is 2. The summed E-state index contributed by atoms with van der Waals surface area (Å²) < 4.78 is 16.7. The second-order valence-corrected chi connectivity index (χ2v) is 9.26. The fourth-order valence-corrected chi connectivity index (χ4v) is 6.91. The molecule has 0 aliphatic heterocycles. The maximum Gasteiger partial charge on any atom is 0.178 e. The van der Waals surface area contributed by atoms with Crippen molar-refractivity contribution >= 4 is 11.6 Å². The van der Waals surface area contributed by atoms with E-state index in [0.29, 0.717) is 18.4 Å². The maximum absolute atomic E-state index is 16.7. The summed E-state index contributed by atoms with van der Waals surface area (Å²) in [5.74, 6) is -2.20. The zero-order chi connectivity index (χ0) is 19.8. The molecule has 0 aromatic heterocycles. The van der Waals surface area contributed by atoms with Crippen LogP contribution in [0.3, 0.4) is 0 Å². The van der Waals surface area contributed by atoms with Crippen LogP contribution < -0.4 is 0 Å². The molecule has 0 saturated heterocycles. The minimum Gasteiger partial charge on any atom is -0.392 e. The molecule has 0 unspecified atom stereocenters. The number of allylic oxidation sites excluding steroid dienone is 4. The van der Waals surface area contributed by atoms with Gasteiger partial charge in [-0.2, -0.15) is 0 Å². The second kappa shape index (κ2) is 5.82. The zero-order valence-corrected chi connectivity index (χ0v) is 15.7. The van der Waals surface area contributed by atoms with E-state index in [-0.39, 0.29) is 24.5 Å². The van der Waals surface area contributed by atoms with Gasteiger partial charge >= 0.3 is 0 Å². The van der Waals surface area contributed by atoms with Crippen molar-refractivity contribution in [2.45, 2.75) is 57.4 Å². The molecule has 148 valence electrons. The van der Waals surface area contributed by atoms with Crippen LogP contribution in [0.25, 0.3) is 0 Å². The minimum atomic E-state index is -1.96. The van der Waals surface area contributed by atoms with E-state index in [9.17, 15) is 24.9 Å². The standard InChI is InChI=1S/C21H27FO5/c1-19-9-17(27)21(22)13(14(19)8-15(25)18(19)16(26)10-23)4-3-11-7-12(24)5-6-20(11,21)2/h5-7,13-15,17-18,23,25,27H,3-4,8-10H2,1-2H3/t13-,14-,15+,17-,18+,19-,20-,21-/m0/s1. The number of alkyl halides is 1. The average Bonchev–Trinajstić information content (AvgIpc) is 2.86. The first-order valence-electron chi connectivity index (χ1n) is 9.72. The van der Waals surface area contributed by atoms with Gasteiger partial charge in [0.05, 0.1) is 18.1 Å². The van der Waals surface area contributed by atoms with E-state index in [1.165, 1.54) is 12.2 Å². The van der Waals surface area contributed by atoms with Gasteiger partial charge in [0, 0.05) is 11.3 Å². The number of halogens is 1. The van der Waals surface area contributed by atoms with Crippen LogP contribution in [0.15, 0.2) is 23.8 Å². The van der Waals surface area contributed by atoms with E-state index < -0.39 is 52.9 Å². The largest absolute Gasteiger partial charge is 0.392 e. The quantitative estimate of drug-likeness (QED) is 0.677. The maximum atomic E-state index is 16.7. The number of rotatable bonds is 2. The van der Waals surface area contributed by atoms with Gasteiger partial charge in [0.15, 0.2) is 17.2 Å². The van der Waals surface area contributed by atoms with E-state index in [2.05, 4.69) is 0 Å². The molecule has 3 fully saturated rings. The predicted molar refractivity (Wildman–Crippen MR) is 95.3 cm³/mol. The molecule has 4 rings (SSSR count). The molecule has 0 spiro atoms. The van der Waals surface area contributed by atoms with Gasteiger partial charge in [-0.1, -0.05) is 18.6 Å². The van der Waals surface area contributed by atoms with E-state index in [0.717, 1.165) is 0 Å². The van der Waals surface area contributed by atoms with Gasteiger partial charge in [-0.3, -0.25) is 9.59 Å². The Labute approximate surface area is 158 Å².